The van der Waals surface area contributed by atoms with E-state index in [9.17, 15) is 0 Å². The molecule has 3 heterocycles. The third kappa shape index (κ3) is 2.39. The zero-order chi connectivity index (χ0) is 13.2. The first-order chi connectivity index (χ1) is 9.31. The molecule has 1 fully saturated rings. The van der Waals surface area contributed by atoms with Crippen LogP contribution in [0.15, 0.2) is 0 Å². The van der Waals surface area contributed by atoms with E-state index in [2.05, 4.69) is 28.7 Å². The van der Waals surface area contributed by atoms with Gasteiger partial charge in [0.05, 0.1) is 25.5 Å². The standard InChI is InChI=1S/C14H21N3O2/c1-3-5-11-13-14(16-12(4-2)15-11)17-6-7-18-9-10(8-17)19-13/h10H,3-9H2,1-2H3. The molecule has 104 valence electrons. The Morgan fingerprint density at radius 1 is 1.32 bits per heavy atom. The zero-order valence-corrected chi connectivity index (χ0v) is 11.7. The summed E-state index contributed by atoms with van der Waals surface area (Å²) in [5.74, 6) is 2.77. The van der Waals surface area contributed by atoms with E-state index in [4.69, 9.17) is 9.47 Å². The Labute approximate surface area is 113 Å². The summed E-state index contributed by atoms with van der Waals surface area (Å²) in [5.41, 5.74) is 1.06. The molecular weight excluding hydrogens is 242 g/mol. The zero-order valence-electron chi connectivity index (χ0n) is 11.7. The number of aromatic nitrogens is 2. The van der Waals surface area contributed by atoms with E-state index in [1.54, 1.807) is 0 Å². The van der Waals surface area contributed by atoms with Crippen LogP contribution in [0, 0.1) is 0 Å². The van der Waals surface area contributed by atoms with Gasteiger partial charge in [-0.05, 0) is 6.42 Å². The second kappa shape index (κ2) is 5.33. The van der Waals surface area contributed by atoms with Gasteiger partial charge < -0.3 is 14.4 Å². The first-order valence-electron chi connectivity index (χ1n) is 7.21. The maximum absolute atomic E-state index is 6.07. The van der Waals surface area contributed by atoms with Crippen molar-refractivity contribution in [2.24, 2.45) is 0 Å². The van der Waals surface area contributed by atoms with Crippen LogP contribution < -0.4 is 9.64 Å². The Bertz CT molecular complexity index is 464. The number of nitrogens with zero attached hydrogens (tertiary/aromatic N) is 3. The van der Waals surface area contributed by atoms with Gasteiger partial charge in [-0.1, -0.05) is 20.3 Å². The highest BCUT2D eigenvalue weighted by Crippen LogP contribution is 2.35. The average Bonchev–Trinajstić information content (AvgIpc) is 2.62. The van der Waals surface area contributed by atoms with Crippen molar-refractivity contribution in [2.45, 2.75) is 39.2 Å². The van der Waals surface area contributed by atoms with Crippen LogP contribution in [0.5, 0.6) is 5.75 Å². The normalized spacial score (nSPS) is 21.6. The molecule has 5 heteroatoms. The molecule has 0 aromatic carbocycles. The van der Waals surface area contributed by atoms with E-state index in [-0.39, 0.29) is 6.10 Å². The fourth-order valence-electron chi connectivity index (χ4n) is 2.64. The van der Waals surface area contributed by atoms with Gasteiger partial charge in [-0.3, -0.25) is 0 Å². The molecule has 1 unspecified atom stereocenters. The lowest BCUT2D eigenvalue weighted by atomic mass is 10.1. The van der Waals surface area contributed by atoms with E-state index in [0.717, 1.165) is 62.0 Å². The van der Waals surface area contributed by atoms with Gasteiger partial charge in [-0.15, -0.1) is 0 Å². The van der Waals surface area contributed by atoms with Gasteiger partial charge in [-0.2, -0.15) is 0 Å². The lowest BCUT2D eigenvalue weighted by molar-refractivity contribution is 0.0710. The van der Waals surface area contributed by atoms with Crippen LogP contribution in [-0.4, -0.2) is 42.4 Å². The molecule has 1 aromatic heterocycles. The van der Waals surface area contributed by atoms with Crippen molar-refractivity contribution in [2.75, 3.05) is 31.2 Å². The van der Waals surface area contributed by atoms with Gasteiger partial charge in [0.1, 0.15) is 11.9 Å². The molecule has 0 N–H and O–H groups in total. The first-order valence-corrected chi connectivity index (χ1v) is 7.21. The van der Waals surface area contributed by atoms with Crippen LogP contribution in [0.2, 0.25) is 0 Å². The third-order valence-corrected chi connectivity index (χ3v) is 3.58. The highest BCUT2D eigenvalue weighted by molar-refractivity contribution is 5.57. The predicted molar refractivity (Wildman–Crippen MR) is 72.9 cm³/mol. The van der Waals surface area contributed by atoms with Gasteiger partial charge in [0.2, 0.25) is 0 Å². The molecule has 2 aliphatic heterocycles. The summed E-state index contributed by atoms with van der Waals surface area (Å²) in [7, 11) is 0. The molecule has 3 rings (SSSR count). The Morgan fingerprint density at radius 2 is 2.21 bits per heavy atom. The molecule has 0 spiro atoms. The highest BCUT2D eigenvalue weighted by atomic mass is 16.5. The molecule has 0 radical (unpaired) electrons. The number of hydrogen-bond donors (Lipinski definition) is 0. The number of aryl methyl sites for hydroxylation is 2. The molecule has 0 amide bonds. The lowest BCUT2D eigenvalue weighted by Gasteiger charge is -2.33. The van der Waals surface area contributed by atoms with Gasteiger partial charge in [0.15, 0.2) is 11.6 Å². The molecule has 1 atom stereocenters. The van der Waals surface area contributed by atoms with Crippen molar-refractivity contribution in [1.29, 1.82) is 0 Å². The van der Waals surface area contributed by atoms with E-state index >= 15 is 0 Å². The molecule has 0 saturated carbocycles. The van der Waals surface area contributed by atoms with E-state index in [1.165, 1.54) is 0 Å². The number of hydrogen-bond acceptors (Lipinski definition) is 5. The van der Waals surface area contributed by atoms with Crippen molar-refractivity contribution in [3.8, 4) is 5.75 Å². The number of fused-ring (bicyclic) bond motifs is 4. The number of rotatable bonds is 3. The topological polar surface area (TPSA) is 47.5 Å². The second-order valence-electron chi connectivity index (χ2n) is 5.10. The van der Waals surface area contributed by atoms with Crippen molar-refractivity contribution < 1.29 is 9.47 Å². The summed E-state index contributed by atoms with van der Waals surface area (Å²) in [4.78, 5) is 11.6. The first kappa shape index (κ1) is 12.7. The predicted octanol–water partition coefficient (Wildman–Crippen LogP) is 1.59. The minimum absolute atomic E-state index is 0.113. The maximum Gasteiger partial charge on any atom is 0.183 e. The summed E-state index contributed by atoms with van der Waals surface area (Å²) >= 11 is 0. The third-order valence-electron chi connectivity index (χ3n) is 3.58. The molecule has 2 aliphatic rings. The second-order valence-corrected chi connectivity index (χ2v) is 5.10. The Balaban J connectivity index is 2.05. The van der Waals surface area contributed by atoms with Gasteiger partial charge >= 0.3 is 0 Å². The van der Waals surface area contributed by atoms with E-state index < -0.39 is 0 Å². The summed E-state index contributed by atoms with van der Waals surface area (Å²) in [5, 5.41) is 0. The lowest BCUT2D eigenvalue weighted by Crippen LogP contribution is -2.41. The summed E-state index contributed by atoms with van der Waals surface area (Å²) in [6, 6.07) is 0. The van der Waals surface area contributed by atoms with E-state index in [1.807, 2.05) is 0 Å². The Hall–Kier alpha value is -1.36. The number of ether oxygens (including phenoxy) is 2. The molecule has 1 aromatic rings. The SMILES string of the molecule is CCCc1nc(CC)nc2c1OC1COCCN2C1. The van der Waals surface area contributed by atoms with Gasteiger partial charge in [-0.25, -0.2) is 9.97 Å². The molecule has 2 bridgehead atoms. The average molecular weight is 263 g/mol. The summed E-state index contributed by atoms with van der Waals surface area (Å²) in [6.07, 6.45) is 2.98. The van der Waals surface area contributed by atoms with E-state index in [0.29, 0.717) is 6.61 Å². The van der Waals surface area contributed by atoms with Crippen LogP contribution in [0.4, 0.5) is 5.82 Å². The molecule has 1 saturated heterocycles. The summed E-state index contributed by atoms with van der Waals surface area (Å²) in [6.45, 7) is 7.43. The summed E-state index contributed by atoms with van der Waals surface area (Å²) < 4.78 is 11.7. The van der Waals surface area contributed by atoms with Gasteiger partial charge in [0, 0.05) is 13.0 Å². The van der Waals surface area contributed by atoms with Crippen LogP contribution in [0.1, 0.15) is 31.8 Å². The fraction of sp³-hybridized carbons (Fsp3) is 0.714. The van der Waals surface area contributed by atoms with Crippen LogP contribution in [0.25, 0.3) is 0 Å². The Morgan fingerprint density at radius 3 is 3.00 bits per heavy atom. The fourth-order valence-corrected chi connectivity index (χ4v) is 2.64. The quantitative estimate of drug-likeness (QED) is 0.828. The molecule has 0 aliphatic carbocycles. The van der Waals surface area contributed by atoms with Crippen LogP contribution >= 0.6 is 0 Å². The molecular formula is C14H21N3O2. The van der Waals surface area contributed by atoms with Crippen molar-refractivity contribution >= 4 is 5.82 Å². The Kier molecular flexibility index (Phi) is 3.55. The van der Waals surface area contributed by atoms with Crippen LogP contribution in [-0.2, 0) is 17.6 Å². The van der Waals surface area contributed by atoms with Crippen LogP contribution in [0.3, 0.4) is 0 Å². The maximum atomic E-state index is 6.07. The largest absolute Gasteiger partial charge is 0.480 e. The van der Waals surface area contributed by atoms with Crippen molar-refractivity contribution in [3.63, 3.8) is 0 Å². The minimum atomic E-state index is 0.113. The monoisotopic (exact) mass is 263 g/mol. The highest BCUT2D eigenvalue weighted by Gasteiger charge is 2.31. The minimum Gasteiger partial charge on any atom is -0.480 e. The number of anilines is 1. The smallest absolute Gasteiger partial charge is 0.183 e. The van der Waals surface area contributed by atoms with Gasteiger partial charge in [0.25, 0.3) is 0 Å². The van der Waals surface area contributed by atoms with Crippen molar-refractivity contribution in [1.82, 2.24) is 9.97 Å². The molecule has 5 nitrogen and oxygen atoms in total. The molecule has 19 heavy (non-hydrogen) atoms. The van der Waals surface area contributed by atoms with Crippen molar-refractivity contribution in [3.05, 3.63) is 11.5 Å².